The highest BCUT2D eigenvalue weighted by molar-refractivity contribution is 7.99. The van der Waals surface area contributed by atoms with Gasteiger partial charge in [0, 0.05) is 17.3 Å². The zero-order chi connectivity index (χ0) is 9.68. The van der Waals surface area contributed by atoms with E-state index in [0.717, 1.165) is 5.25 Å². The quantitative estimate of drug-likeness (QED) is 0.752. The predicted molar refractivity (Wildman–Crippen MR) is 57.8 cm³/mol. The maximum atomic E-state index is 8.54. The van der Waals surface area contributed by atoms with Gasteiger partial charge in [-0.25, -0.2) is 0 Å². The normalized spacial score (nSPS) is 29.9. The Bertz CT molecular complexity index is 188. The summed E-state index contributed by atoms with van der Waals surface area (Å²) in [5.74, 6) is 0. The van der Waals surface area contributed by atoms with Crippen LogP contribution in [0.3, 0.4) is 0 Å². The molecule has 0 amide bonds. The van der Waals surface area contributed by atoms with Crippen molar-refractivity contribution in [3.05, 3.63) is 0 Å². The number of nitrogens with one attached hydrogen (secondary N) is 1. The summed E-state index contributed by atoms with van der Waals surface area (Å²) < 4.78 is 0. The Hall–Kier alpha value is -0.200. The Morgan fingerprint density at radius 2 is 2.38 bits per heavy atom. The van der Waals surface area contributed by atoms with Gasteiger partial charge < -0.3 is 5.32 Å². The predicted octanol–water partition coefficient (Wildman–Crippen LogP) is 2.16. The van der Waals surface area contributed by atoms with E-state index in [1.54, 1.807) is 0 Å². The van der Waals surface area contributed by atoms with Gasteiger partial charge in [-0.15, -0.1) is 0 Å². The van der Waals surface area contributed by atoms with Crippen LogP contribution in [0.4, 0.5) is 0 Å². The molecule has 1 rings (SSSR count). The molecule has 0 aromatic rings. The highest BCUT2D eigenvalue weighted by Crippen LogP contribution is 2.28. The first-order chi connectivity index (χ1) is 6.27. The van der Waals surface area contributed by atoms with Crippen molar-refractivity contribution < 1.29 is 0 Å². The molecule has 0 saturated heterocycles. The lowest BCUT2D eigenvalue weighted by Crippen LogP contribution is -2.39. The zero-order valence-corrected chi connectivity index (χ0v) is 9.23. The molecule has 1 N–H and O–H groups in total. The minimum absolute atomic E-state index is 0.350. The standard InChI is InChI=1S/C10H18N2S/c1-8(6-7-11)12-9-4-3-5-10(9)13-2/h8-10,12H,3-6H2,1-2H3. The fourth-order valence-electron chi connectivity index (χ4n) is 1.96. The lowest BCUT2D eigenvalue weighted by molar-refractivity contribution is 0.460. The third-order valence-corrected chi connectivity index (χ3v) is 3.82. The average molecular weight is 198 g/mol. The Labute approximate surface area is 85.1 Å². The number of hydrogen-bond acceptors (Lipinski definition) is 3. The summed E-state index contributed by atoms with van der Waals surface area (Å²) in [6.45, 7) is 2.10. The smallest absolute Gasteiger partial charge is 0.0638 e. The first-order valence-electron chi connectivity index (χ1n) is 4.93. The number of nitrogens with zero attached hydrogens (tertiary/aromatic N) is 1. The lowest BCUT2D eigenvalue weighted by Gasteiger charge is -2.22. The summed E-state index contributed by atoms with van der Waals surface area (Å²) in [5, 5.41) is 12.8. The topological polar surface area (TPSA) is 35.8 Å². The van der Waals surface area contributed by atoms with E-state index >= 15 is 0 Å². The van der Waals surface area contributed by atoms with E-state index in [2.05, 4.69) is 24.6 Å². The van der Waals surface area contributed by atoms with Crippen LogP contribution in [0, 0.1) is 11.3 Å². The van der Waals surface area contributed by atoms with Gasteiger partial charge in [-0.2, -0.15) is 17.0 Å². The minimum atomic E-state index is 0.350. The van der Waals surface area contributed by atoms with Gasteiger partial charge in [0.1, 0.15) is 0 Å². The summed E-state index contributed by atoms with van der Waals surface area (Å²) in [6.07, 6.45) is 6.75. The van der Waals surface area contributed by atoms with Crippen LogP contribution in [0.5, 0.6) is 0 Å². The van der Waals surface area contributed by atoms with Crippen molar-refractivity contribution in [1.29, 1.82) is 5.26 Å². The van der Waals surface area contributed by atoms with Gasteiger partial charge in [0.25, 0.3) is 0 Å². The van der Waals surface area contributed by atoms with Crippen LogP contribution in [0.2, 0.25) is 0 Å². The van der Waals surface area contributed by atoms with Gasteiger partial charge >= 0.3 is 0 Å². The van der Waals surface area contributed by atoms with Crippen molar-refractivity contribution >= 4 is 11.8 Å². The molecule has 13 heavy (non-hydrogen) atoms. The molecule has 0 spiro atoms. The molecule has 2 nitrogen and oxygen atoms in total. The fraction of sp³-hybridized carbons (Fsp3) is 0.900. The summed E-state index contributed by atoms with van der Waals surface area (Å²) in [5.41, 5.74) is 0. The molecular weight excluding hydrogens is 180 g/mol. The van der Waals surface area contributed by atoms with Crippen LogP contribution >= 0.6 is 11.8 Å². The monoisotopic (exact) mass is 198 g/mol. The molecule has 1 saturated carbocycles. The summed E-state index contributed by atoms with van der Waals surface area (Å²) in [7, 11) is 0. The summed E-state index contributed by atoms with van der Waals surface area (Å²) in [4.78, 5) is 0. The molecule has 1 aliphatic rings. The molecule has 3 heteroatoms. The molecule has 0 heterocycles. The molecule has 0 radical (unpaired) electrons. The van der Waals surface area contributed by atoms with E-state index in [-0.39, 0.29) is 0 Å². The molecule has 74 valence electrons. The summed E-state index contributed by atoms with van der Waals surface area (Å²) in [6, 6.07) is 3.19. The van der Waals surface area contributed by atoms with E-state index in [1.165, 1.54) is 19.3 Å². The number of thioether (sulfide) groups is 1. The van der Waals surface area contributed by atoms with Gasteiger partial charge in [-0.1, -0.05) is 6.42 Å². The maximum absolute atomic E-state index is 8.54. The van der Waals surface area contributed by atoms with Gasteiger partial charge in [0.2, 0.25) is 0 Å². The SMILES string of the molecule is CSC1CCCC1NC(C)CC#N. The van der Waals surface area contributed by atoms with Crippen molar-refractivity contribution in [3.63, 3.8) is 0 Å². The van der Waals surface area contributed by atoms with Crippen molar-refractivity contribution in [2.45, 2.75) is 49.9 Å². The van der Waals surface area contributed by atoms with E-state index in [0.29, 0.717) is 18.5 Å². The maximum Gasteiger partial charge on any atom is 0.0638 e. The van der Waals surface area contributed by atoms with Crippen molar-refractivity contribution in [3.8, 4) is 6.07 Å². The second-order valence-electron chi connectivity index (χ2n) is 3.74. The van der Waals surface area contributed by atoms with Crippen molar-refractivity contribution in [1.82, 2.24) is 5.32 Å². The second kappa shape index (κ2) is 5.51. The largest absolute Gasteiger partial charge is 0.309 e. The second-order valence-corrected chi connectivity index (χ2v) is 4.82. The van der Waals surface area contributed by atoms with E-state index in [9.17, 15) is 0 Å². The molecule has 0 aliphatic heterocycles. The molecule has 0 aromatic heterocycles. The van der Waals surface area contributed by atoms with E-state index in [4.69, 9.17) is 5.26 Å². The summed E-state index contributed by atoms with van der Waals surface area (Å²) >= 11 is 1.96. The Balaban J connectivity index is 2.31. The van der Waals surface area contributed by atoms with Crippen LogP contribution in [0.1, 0.15) is 32.6 Å². The highest BCUT2D eigenvalue weighted by atomic mass is 32.2. The molecular formula is C10H18N2S. The van der Waals surface area contributed by atoms with Crippen LogP contribution in [-0.4, -0.2) is 23.6 Å². The highest BCUT2D eigenvalue weighted by Gasteiger charge is 2.26. The van der Waals surface area contributed by atoms with Crippen molar-refractivity contribution in [2.75, 3.05) is 6.26 Å². The number of rotatable bonds is 4. The number of hydrogen-bond donors (Lipinski definition) is 1. The molecule has 0 aromatic carbocycles. The third kappa shape index (κ3) is 3.21. The van der Waals surface area contributed by atoms with Crippen molar-refractivity contribution in [2.24, 2.45) is 0 Å². The number of nitriles is 1. The van der Waals surface area contributed by atoms with E-state index in [1.807, 2.05) is 11.8 Å². The lowest BCUT2D eigenvalue weighted by atomic mass is 10.2. The van der Waals surface area contributed by atoms with Crippen LogP contribution < -0.4 is 5.32 Å². The molecule has 1 fully saturated rings. The van der Waals surface area contributed by atoms with Gasteiger partial charge in [0.15, 0.2) is 0 Å². The molecule has 3 unspecified atom stereocenters. The van der Waals surface area contributed by atoms with Gasteiger partial charge in [-0.05, 0) is 26.0 Å². The molecule has 3 atom stereocenters. The minimum Gasteiger partial charge on any atom is -0.309 e. The van der Waals surface area contributed by atoms with Gasteiger partial charge in [0.05, 0.1) is 12.5 Å². The Morgan fingerprint density at radius 3 is 3.00 bits per heavy atom. The first-order valence-corrected chi connectivity index (χ1v) is 6.22. The Morgan fingerprint density at radius 1 is 1.62 bits per heavy atom. The van der Waals surface area contributed by atoms with Crippen LogP contribution in [-0.2, 0) is 0 Å². The first kappa shape index (κ1) is 10.9. The molecule has 1 aliphatic carbocycles. The Kier molecular flexibility index (Phi) is 4.61. The zero-order valence-electron chi connectivity index (χ0n) is 8.42. The van der Waals surface area contributed by atoms with Crippen LogP contribution in [0.25, 0.3) is 0 Å². The van der Waals surface area contributed by atoms with Gasteiger partial charge in [-0.3, -0.25) is 0 Å². The van der Waals surface area contributed by atoms with Crippen LogP contribution in [0.15, 0.2) is 0 Å². The van der Waals surface area contributed by atoms with E-state index < -0.39 is 0 Å². The molecule has 0 bridgehead atoms. The average Bonchev–Trinajstić information content (AvgIpc) is 2.52. The third-order valence-electron chi connectivity index (χ3n) is 2.65. The fourth-order valence-corrected chi connectivity index (χ4v) is 2.91.